The van der Waals surface area contributed by atoms with Crippen LogP contribution in [0, 0.1) is 0 Å². The molecule has 0 bridgehead atoms. The molecule has 0 spiro atoms. The van der Waals surface area contributed by atoms with E-state index in [1.54, 1.807) is 25.6 Å². The fourth-order valence-corrected chi connectivity index (χ4v) is 3.24. The van der Waals surface area contributed by atoms with Gasteiger partial charge in [0.25, 0.3) is 0 Å². The Labute approximate surface area is 157 Å². The first kappa shape index (κ1) is 17.7. The molecule has 3 aromatic rings. The zero-order chi connectivity index (χ0) is 18.5. The molecule has 3 aromatic heterocycles. The highest BCUT2D eigenvalue weighted by molar-refractivity contribution is 5.55. The van der Waals surface area contributed by atoms with Gasteiger partial charge in [-0.2, -0.15) is 4.98 Å². The van der Waals surface area contributed by atoms with E-state index in [1.807, 2.05) is 18.2 Å². The standard InChI is InChI=1S/C19H22N4O4/c1-24-10-11-26-17-12-14(6-7-20-17)18-21-19(27-22-18)16-5-2-8-23(16)13-15-4-3-9-25-15/h3-4,6-7,9,12,16H,2,5,8,10-11,13H2,1H3/t16-/m0/s1. The number of ether oxygens (including phenoxy) is 2. The minimum atomic E-state index is 0.107. The quantitative estimate of drug-likeness (QED) is 0.559. The summed E-state index contributed by atoms with van der Waals surface area (Å²) < 4.78 is 21.6. The van der Waals surface area contributed by atoms with Gasteiger partial charge < -0.3 is 18.4 Å². The van der Waals surface area contributed by atoms with Crippen molar-refractivity contribution in [2.45, 2.75) is 25.4 Å². The SMILES string of the molecule is COCCOc1cc(-c2noc([C@@H]3CCCN3Cc3ccco3)n2)ccn1. The van der Waals surface area contributed by atoms with Crippen LogP contribution in [0.1, 0.15) is 30.5 Å². The zero-order valence-corrected chi connectivity index (χ0v) is 15.2. The first-order valence-electron chi connectivity index (χ1n) is 9.01. The van der Waals surface area contributed by atoms with E-state index in [0.717, 1.165) is 37.3 Å². The van der Waals surface area contributed by atoms with Crippen LogP contribution in [0.5, 0.6) is 5.88 Å². The molecule has 0 amide bonds. The van der Waals surface area contributed by atoms with Gasteiger partial charge in [0.15, 0.2) is 0 Å². The van der Waals surface area contributed by atoms with E-state index in [0.29, 0.717) is 30.8 Å². The second-order valence-corrected chi connectivity index (χ2v) is 6.39. The van der Waals surface area contributed by atoms with Gasteiger partial charge in [0.05, 0.1) is 25.5 Å². The van der Waals surface area contributed by atoms with Gasteiger partial charge in [-0.1, -0.05) is 5.16 Å². The fraction of sp³-hybridized carbons (Fsp3) is 0.421. The number of methoxy groups -OCH3 is 1. The van der Waals surface area contributed by atoms with Crippen LogP contribution >= 0.6 is 0 Å². The fourth-order valence-electron chi connectivity index (χ4n) is 3.24. The maximum Gasteiger partial charge on any atom is 0.244 e. The number of rotatable bonds is 8. The molecular weight excluding hydrogens is 348 g/mol. The van der Waals surface area contributed by atoms with E-state index in [4.69, 9.17) is 18.4 Å². The van der Waals surface area contributed by atoms with Crippen LogP contribution in [0.3, 0.4) is 0 Å². The summed E-state index contributed by atoms with van der Waals surface area (Å²) >= 11 is 0. The molecule has 1 fully saturated rings. The third kappa shape index (κ3) is 4.17. The molecule has 0 N–H and O–H groups in total. The van der Waals surface area contributed by atoms with Crippen molar-refractivity contribution in [1.29, 1.82) is 0 Å². The summed E-state index contributed by atoms with van der Waals surface area (Å²) in [6, 6.07) is 7.64. The molecule has 1 atom stereocenters. The molecule has 1 aliphatic heterocycles. The summed E-state index contributed by atoms with van der Waals surface area (Å²) in [6.45, 7) is 2.66. The Hall–Kier alpha value is -2.71. The van der Waals surface area contributed by atoms with Crippen molar-refractivity contribution in [3.63, 3.8) is 0 Å². The molecule has 1 aliphatic rings. The minimum Gasteiger partial charge on any atom is -0.475 e. The minimum absolute atomic E-state index is 0.107. The van der Waals surface area contributed by atoms with Crippen LogP contribution in [0.4, 0.5) is 0 Å². The first-order chi connectivity index (χ1) is 13.3. The summed E-state index contributed by atoms with van der Waals surface area (Å²) in [6.07, 6.45) is 5.45. The molecule has 8 nitrogen and oxygen atoms in total. The van der Waals surface area contributed by atoms with Crippen LogP contribution < -0.4 is 4.74 Å². The lowest BCUT2D eigenvalue weighted by atomic mass is 10.2. The van der Waals surface area contributed by atoms with Gasteiger partial charge in [0.2, 0.25) is 17.6 Å². The lowest BCUT2D eigenvalue weighted by molar-refractivity contribution is 0.144. The van der Waals surface area contributed by atoms with Crippen molar-refractivity contribution in [2.75, 3.05) is 26.9 Å². The van der Waals surface area contributed by atoms with Gasteiger partial charge in [0, 0.05) is 24.9 Å². The number of nitrogens with zero attached hydrogens (tertiary/aromatic N) is 4. The maximum absolute atomic E-state index is 5.58. The average Bonchev–Trinajstić information content (AvgIpc) is 3.44. The van der Waals surface area contributed by atoms with Crippen molar-refractivity contribution in [2.24, 2.45) is 0 Å². The Balaban J connectivity index is 1.47. The summed E-state index contributed by atoms with van der Waals surface area (Å²) in [4.78, 5) is 11.1. The van der Waals surface area contributed by atoms with E-state index in [9.17, 15) is 0 Å². The summed E-state index contributed by atoms with van der Waals surface area (Å²) in [5.74, 6) is 2.62. The highest BCUT2D eigenvalue weighted by atomic mass is 16.5. The second kappa shape index (κ2) is 8.32. The molecule has 0 unspecified atom stereocenters. The van der Waals surface area contributed by atoms with E-state index in [-0.39, 0.29) is 6.04 Å². The van der Waals surface area contributed by atoms with Crippen molar-refractivity contribution in [1.82, 2.24) is 20.0 Å². The summed E-state index contributed by atoms with van der Waals surface area (Å²) in [5.41, 5.74) is 0.808. The van der Waals surface area contributed by atoms with Gasteiger partial charge in [0.1, 0.15) is 12.4 Å². The Morgan fingerprint density at radius 2 is 2.26 bits per heavy atom. The van der Waals surface area contributed by atoms with Gasteiger partial charge in [-0.15, -0.1) is 0 Å². The number of hydrogen-bond donors (Lipinski definition) is 0. The molecular formula is C19H22N4O4. The largest absolute Gasteiger partial charge is 0.475 e. The Morgan fingerprint density at radius 3 is 3.11 bits per heavy atom. The predicted octanol–water partition coefficient (Wildman–Crippen LogP) is 3.09. The number of furan rings is 1. The molecule has 0 saturated carbocycles. The van der Waals surface area contributed by atoms with Gasteiger partial charge in [-0.3, -0.25) is 4.90 Å². The van der Waals surface area contributed by atoms with Crippen LogP contribution in [0.15, 0.2) is 45.7 Å². The maximum atomic E-state index is 5.58. The average molecular weight is 370 g/mol. The highest BCUT2D eigenvalue weighted by Gasteiger charge is 2.31. The number of aromatic nitrogens is 3. The van der Waals surface area contributed by atoms with Crippen LogP contribution in [0.25, 0.3) is 11.4 Å². The van der Waals surface area contributed by atoms with E-state index < -0.39 is 0 Å². The number of pyridine rings is 1. The molecule has 4 heterocycles. The van der Waals surface area contributed by atoms with Gasteiger partial charge in [-0.25, -0.2) is 4.98 Å². The molecule has 142 valence electrons. The first-order valence-corrected chi connectivity index (χ1v) is 9.01. The molecule has 27 heavy (non-hydrogen) atoms. The topological polar surface area (TPSA) is 86.7 Å². The van der Waals surface area contributed by atoms with E-state index in [2.05, 4.69) is 20.0 Å². The van der Waals surface area contributed by atoms with Gasteiger partial charge >= 0.3 is 0 Å². The summed E-state index contributed by atoms with van der Waals surface area (Å²) in [7, 11) is 1.63. The van der Waals surface area contributed by atoms with Crippen molar-refractivity contribution in [3.05, 3.63) is 48.4 Å². The van der Waals surface area contributed by atoms with Crippen LogP contribution in [-0.2, 0) is 11.3 Å². The lowest BCUT2D eigenvalue weighted by Crippen LogP contribution is -2.22. The lowest BCUT2D eigenvalue weighted by Gasteiger charge is -2.19. The molecule has 1 saturated heterocycles. The number of hydrogen-bond acceptors (Lipinski definition) is 8. The monoisotopic (exact) mass is 370 g/mol. The molecule has 0 aromatic carbocycles. The molecule has 0 radical (unpaired) electrons. The highest BCUT2D eigenvalue weighted by Crippen LogP contribution is 2.33. The van der Waals surface area contributed by atoms with Crippen molar-refractivity contribution >= 4 is 0 Å². The molecule has 4 rings (SSSR count). The van der Waals surface area contributed by atoms with Crippen molar-refractivity contribution < 1.29 is 18.4 Å². The van der Waals surface area contributed by atoms with Gasteiger partial charge in [-0.05, 0) is 37.6 Å². The van der Waals surface area contributed by atoms with E-state index >= 15 is 0 Å². The predicted molar refractivity (Wildman–Crippen MR) is 96.0 cm³/mol. The Bertz CT molecular complexity index is 849. The van der Waals surface area contributed by atoms with Crippen molar-refractivity contribution in [3.8, 4) is 17.3 Å². The smallest absolute Gasteiger partial charge is 0.244 e. The Kier molecular flexibility index (Phi) is 5.45. The number of likely N-dealkylation sites (tertiary alicyclic amines) is 1. The molecule has 8 heteroatoms. The van der Waals surface area contributed by atoms with Crippen LogP contribution in [0.2, 0.25) is 0 Å². The summed E-state index contributed by atoms with van der Waals surface area (Å²) in [5, 5.41) is 4.16. The second-order valence-electron chi connectivity index (χ2n) is 6.39. The van der Waals surface area contributed by atoms with E-state index in [1.165, 1.54) is 0 Å². The normalized spacial score (nSPS) is 17.4. The third-order valence-electron chi connectivity index (χ3n) is 4.56. The Morgan fingerprint density at radius 1 is 1.30 bits per heavy atom. The molecule has 0 aliphatic carbocycles. The zero-order valence-electron chi connectivity index (χ0n) is 15.2. The third-order valence-corrected chi connectivity index (χ3v) is 4.56. The van der Waals surface area contributed by atoms with Crippen LogP contribution in [-0.4, -0.2) is 46.9 Å².